The number of aromatic nitrogens is 3. The number of allylic oxidation sites excluding steroid dienone is 2. The number of benzene rings is 3. The van der Waals surface area contributed by atoms with Crippen molar-refractivity contribution in [1.29, 1.82) is 0 Å². The number of rotatable bonds is 8. The Labute approximate surface area is 245 Å². The molecular weight excluding hydrogens is 532 g/mol. The van der Waals surface area contributed by atoms with Gasteiger partial charge in [0, 0.05) is 23.3 Å². The normalized spacial score (nSPS) is 17.2. The van der Waals surface area contributed by atoms with E-state index < -0.39 is 6.04 Å². The summed E-state index contributed by atoms with van der Waals surface area (Å²) in [6.45, 7) is 4.71. The lowest BCUT2D eigenvalue weighted by Crippen LogP contribution is -2.36. The summed E-state index contributed by atoms with van der Waals surface area (Å²) in [5.41, 5.74) is 4.16. The quantitative estimate of drug-likeness (QED) is 0.269. The van der Waals surface area contributed by atoms with E-state index in [0.29, 0.717) is 47.6 Å². The van der Waals surface area contributed by atoms with Crippen molar-refractivity contribution in [3.8, 4) is 34.4 Å². The Morgan fingerprint density at radius 3 is 2.26 bits per heavy atom. The average Bonchev–Trinajstić information content (AvgIpc) is 3.42. The molecule has 0 amide bonds. The van der Waals surface area contributed by atoms with Crippen LogP contribution in [0.15, 0.2) is 78.0 Å². The molecule has 6 rings (SSSR count). The third-order valence-electron chi connectivity index (χ3n) is 7.70. The molecule has 42 heavy (non-hydrogen) atoms. The van der Waals surface area contributed by atoms with Crippen molar-refractivity contribution >= 4 is 11.7 Å². The number of ether oxygens (including phenoxy) is 4. The predicted octanol–water partition coefficient (Wildman–Crippen LogP) is 6.21. The number of hydrogen-bond acceptors (Lipinski definition) is 8. The molecule has 1 N–H and O–H groups in total. The summed E-state index contributed by atoms with van der Waals surface area (Å²) in [6, 6.07) is 21.1. The van der Waals surface area contributed by atoms with E-state index in [1.54, 1.807) is 26.0 Å². The Bertz CT molecular complexity index is 1630. The van der Waals surface area contributed by atoms with Gasteiger partial charge >= 0.3 is 0 Å². The summed E-state index contributed by atoms with van der Waals surface area (Å²) in [6.07, 6.45) is 1.20. The highest BCUT2D eigenvalue weighted by molar-refractivity contribution is 6.00. The van der Waals surface area contributed by atoms with E-state index in [2.05, 4.69) is 19.2 Å². The second kappa shape index (κ2) is 10.9. The maximum atomic E-state index is 13.6. The highest BCUT2D eigenvalue weighted by Crippen LogP contribution is 2.47. The number of anilines is 1. The molecule has 9 nitrogen and oxygen atoms in total. The molecular formula is C33H34N4O5. The number of fused-ring (bicyclic) bond motifs is 1. The molecule has 3 aromatic carbocycles. The van der Waals surface area contributed by atoms with Crippen molar-refractivity contribution in [3.05, 3.63) is 89.1 Å². The van der Waals surface area contributed by atoms with Crippen LogP contribution in [0.1, 0.15) is 43.9 Å². The maximum Gasteiger partial charge on any atom is 0.226 e. The summed E-state index contributed by atoms with van der Waals surface area (Å²) in [5, 5.41) is 8.36. The molecule has 0 radical (unpaired) electrons. The van der Waals surface area contributed by atoms with Crippen LogP contribution in [0.4, 0.5) is 5.95 Å². The molecule has 0 fully saturated rings. The van der Waals surface area contributed by atoms with Crippen LogP contribution in [0.2, 0.25) is 0 Å². The molecule has 1 aliphatic carbocycles. The van der Waals surface area contributed by atoms with E-state index >= 15 is 0 Å². The van der Waals surface area contributed by atoms with Crippen molar-refractivity contribution in [2.24, 2.45) is 5.41 Å². The lowest BCUT2D eigenvalue weighted by atomic mass is 9.73. The fourth-order valence-corrected chi connectivity index (χ4v) is 5.74. The van der Waals surface area contributed by atoms with E-state index in [1.165, 1.54) is 0 Å². The first-order valence-electron chi connectivity index (χ1n) is 13.9. The van der Waals surface area contributed by atoms with E-state index in [9.17, 15) is 4.79 Å². The number of carbonyl (C=O) groups excluding carboxylic acids is 1. The number of nitrogens with one attached hydrogen (secondary N) is 1. The van der Waals surface area contributed by atoms with Crippen molar-refractivity contribution < 1.29 is 23.7 Å². The van der Waals surface area contributed by atoms with Gasteiger partial charge in [0.1, 0.15) is 18.4 Å². The van der Waals surface area contributed by atoms with Crippen LogP contribution in [0.3, 0.4) is 0 Å². The van der Waals surface area contributed by atoms with Gasteiger partial charge in [0.2, 0.25) is 11.7 Å². The average molecular weight is 567 g/mol. The molecule has 216 valence electrons. The number of Topliss-reactive ketones (excluding diaryl/α,β-unsaturated/α-hetero) is 1. The van der Waals surface area contributed by atoms with Gasteiger partial charge in [0.25, 0.3) is 0 Å². The van der Waals surface area contributed by atoms with E-state index in [0.717, 1.165) is 34.6 Å². The van der Waals surface area contributed by atoms with Gasteiger partial charge in [-0.25, -0.2) is 4.68 Å². The maximum absolute atomic E-state index is 13.6. The lowest BCUT2D eigenvalue weighted by molar-refractivity contribution is -0.118. The summed E-state index contributed by atoms with van der Waals surface area (Å²) >= 11 is 0. The zero-order valence-corrected chi connectivity index (χ0v) is 24.4. The SMILES string of the molecule is COc1cc(-c2nc3n(n2)C(c2ccc(OCc4ccccc4)cc2)C2=C(CC(C)(C)CC2=O)N3)cc(OC)c1OC. The Kier molecular flexibility index (Phi) is 7.10. The van der Waals surface area contributed by atoms with Crippen molar-refractivity contribution in [3.63, 3.8) is 0 Å². The molecule has 1 unspecified atom stereocenters. The zero-order chi connectivity index (χ0) is 29.4. The molecule has 2 heterocycles. The first-order chi connectivity index (χ1) is 20.3. The van der Waals surface area contributed by atoms with Gasteiger partial charge in [-0.1, -0.05) is 56.3 Å². The van der Waals surface area contributed by atoms with Gasteiger partial charge in [-0.15, -0.1) is 5.10 Å². The number of methoxy groups -OCH3 is 3. The second-order valence-corrected chi connectivity index (χ2v) is 11.3. The van der Waals surface area contributed by atoms with Crippen molar-refractivity contribution in [2.45, 2.75) is 39.3 Å². The van der Waals surface area contributed by atoms with Crippen molar-refractivity contribution in [1.82, 2.24) is 14.8 Å². The summed E-state index contributed by atoms with van der Waals surface area (Å²) in [7, 11) is 4.71. The second-order valence-electron chi connectivity index (χ2n) is 11.3. The number of ketones is 1. The van der Waals surface area contributed by atoms with Gasteiger partial charge < -0.3 is 24.3 Å². The third-order valence-corrected chi connectivity index (χ3v) is 7.70. The van der Waals surface area contributed by atoms with E-state index in [-0.39, 0.29) is 11.2 Å². The summed E-state index contributed by atoms with van der Waals surface area (Å²) in [4.78, 5) is 18.5. The molecule has 2 aliphatic rings. The first-order valence-corrected chi connectivity index (χ1v) is 13.9. The largest absolute Gasteiger partial charge is 0.493 e. The van der Waals surface area contributed by atoms with Gasteiger partial charge in [-0.2, -0.15) is 4.98 Å². The Hall–Kier alpha value is -4.79. The standard InChI is InChI=1S/C33H34N4O5/c1-33(2)17-24-28(25(38)18-33)29(21-11-13-23(14-12-21)42-19-20-9-7-6-8-10-20)37-32(34-24)35-31(36-37)22-15-26(39-3)30(41-5)27(16-22)40-4/h6-16,29H,17-19H2,1-5H3,(H,34,35,36). The number of nitrogens with zero attached hydrogens (tertiary/aromatic N) is 3. The topological polar surface area (TPSA) is 96.7 Å². The van der Waals surface area contributed by atoms with Gasteiger partial charge in [-0.05, 0) is 47.2 Å². The van der Waals surface area contributed by atoms with Crippen LogP contribution in [0, 0.1) is 5.41 Å². The molecule has 0 bridgehead atoms. The lowest BCUT2D eigenvalue weighted by Gasteiger charge is -2.38. The summed E-state index contributed by atoms with van der Waals surface area (Å²) in [5.74, 6) is 3.39. The molecule has 4 aromatic rings. The van der Waals surface area contributed by atoms with Crippen molar-refractivity contribution in [2.75, 3.05) is 26.6 Å². The Balaban J connectivity index is 1.40. The highest BCUT2D eigenvalue weighted by atomic mass is 16.5. The Morgan fingerprint density at radius 1 is 0.929 bits per heavy atom. The molecule has 0 saturated carbocycles. The minimum absolute atomic E-state index is 0.110. The molecule has 1 atom stereocenters. The van der Waals surface area contributed by atoms with Crippen LogP contribution in [-0.2, 0) is 11.4 Å². The predicted molar refractivity (Wildman–Crippen MR) is 159 cm³/mol. The molecule has 9 heteroatoms. The van der Waals surface area contributed by atoms with E-state index in [1.807, 2.05) is 66.7 Å². The fourth-order valence-electron chi connectivity index (χ4n) is 5.74. The first kappa shape index (κ1) is 27.4. The van der Waals surface area contributed by atoms with Gasteiger partial charge in [-0.3, -0.25) is 4.79 Å². The van der Waals surface area contributed by atoms with Gasteiger partial charge in [0.05, 0.1) is 21.3 Å². The van der Waals surface area contributed by atoms with Crippen LogP contribution in [0.5, 0.6) is 23.0 Å². The molecule has 1 aliphatic heterocycles. The van der Waals surface area contributed by atoms with E-state index in [4.69, 9.17) is 29.0 Å². The smallest absolute Gasteiger partial charge is 0.226 e. The number of carbonyl (C=O) groups is 1. The summed E-state index contributed by atoms with van der Waals surface area (Å²) < 4.78 is 24.4. The van der Waals surface area contributed by atoms with Crippen LogP contribution >= 0.6 is 0 Å². The van der Waals surface area contributed by atoms with Crippen LogP contribution in [-0.4, -0.2) is 41.9 Å². The van der Waals surface area contributed by atoms with Crippen LogP contribution in [0.25, 0.3) is 11.4 Å². The van der Waals surface area contributed by atoms with Crippen LogP contribution < -0.4 is 24.3 Å². The number of hydrogen-bond donors (Lipinski definition) is 1. The zero-order valence-electron chi connectivity index (χ0n) is 24.4. The Morgan fingerprint density at radius 2 is 1.62 bits per heavy atom. The molecule has 0 spiro atoms. The minimum atomic E-state index is -0.439. The third kappa shape index (κ3) is 5.06. The highest BCUT2D eigenvalue weighted by Gasteiger charge is 2.42. The van der Waals surface area contributed by atoms with Gasteiger partial charge in [0.15, 0.2) is 23.1 Å². The fraction of sp³-hybridized carbons (Fsp3) is 0.303. The molecule has 1 aromatic heterocycles. The monoisotopic (exact) mass is 566 g/mol. The minimum Gasteiger partial charge on any atom is -0.493 e. The molecule has 0 saturated heterocycles.